The summed E-state index contributed by atoms with van der Waals surface area (Å²) in [5.41, 5.74) is 0. The number of piperidine rings is 1. The maximum Gasteiger partial charge on any atom is 0.326 e. The average molecular weight is 229 g/mol. The van der Waals surface area contributed by atoms with Crippen molar-refractivity contribution in [3.63, 3.8) is 0 Å². The second-order valence-electron chi connectivity index (χ2n) is 4.48. The minimum Gasteiger partial charge on any atom is -0.480 e. The number of likely N-dealkylation sites (tertiary alicyclic amines) is 1. The predicted molar refractivity (Wildman–Crippen MR) is 57.8 cm³/mol. The first-order chi connectivity index (χ1) is 7.06. The van der Waals surface area contributed by atoms with Crippen molar-refractivity contribution in [2.24, 2.45) is 11.8 Å². The lowest BCUT2D eigenvalue weighted by atomic mass is 10.1. The molecule has 1 saturated heterocycles. The predicted octanol–water partition coefficient (Wildman–Crippen LogP) is 0.626. The molecule has 1 heterocycles. The number of carbonyl (C=O) groups is 2. The Morgan fingerprint density at radius 2 is 2.20 bits per heavy atom. The SMILES string of the molecule is C[C@H](CS)C(=O)N1[C@H](C(=O)O)C[C@@H]2C[C@@H]21. The molecule has 0 aromatic rings. The third kappa shape index (κ3) is 1.73. The maximum absolute atomic E-state index is 11.9. The van der Waals surface area contributed by atoms with Crippen molar-refractivity contribution in [3.8, 4) is 0 Å². The summed E-state index contributed by atoms with van der Waals surface area (Å²) in [6, 6.07) is -0.399. The minimum atomic E-state index is -0.873. The van der Waals surface area contributed by atoms with Crippen LogP contribution in [0, 0.1) is 11.8 Å². The van der Waals surface area contributed by atoms with Gasteiger partial charge in [0.05, 0.1) is 0 Å². The first kappa shape index (κ1) is 10.8. The van der Waals surface area contributed by atoms with E-state index in [2.05, 4.69) is 12.6 Å². The summed E-state index contributed by atoms with van der Waals surface area (Å²) < 4.78 is 0. The van der Waals surface area contributed by atoms with Crippen LogP contribution in [0.2, 0.25) is 0 Å². The Kier molecular flexibility index (Phi) is 2.66. The Labute approximate surface area is 94.0 Å². The van der Waals surface area contributed by atoms with Crippen LogP contribution in [0.5, 0.6) is 0 Å². The molecule has 84 valence electrons. The van der Waals surface area contributed by atoms with Gasteiger partial charge in [-0.15, -0.1) is 0 Å². The molecule has 0 spiro atoms. The molecule has 1 saturated carbocycles. The quantitative estimate of drug-likeness (QED) is 0.698. The average Bonchev–Trinajstić information content (AvgIpc) is 2.87. The lowest BCUT2D eigenvalue weighted by Crippen LogP contribution is -2.45. The molecule has 15 heavy (non-hydrogen) atoms. The molecular weight excluding hydrogens is 214 g/mol. The first-order valence-electron chi connectivity index (χ1n) is 5.22. The Morgan fingerprint density at radius 3 is 2.73 bits per heavy atom. The van der Waals surface area contributed by atoms with Crippen molar-refractivity contribution in [3.05, 3.63) is 0 Å². The molecule has 2 fully saturated rings. The molecule has 0 unspecified atom stereocenters. The van der Waals surface area contributed by atoms with Crippen LogP contribution in [0.3, 0.4) is 0 Å². The second-order valence-corrected chi connectivity index (χ2v) is 4.85. The number of hydrogen-bond donors (Lipinski definition) is 2. The summed E-state index contributed by atoms with van der Waals surface area (Å²) in [7, 11) is 0. The Bertz CT molecular complexity index is 307. The number of carbonyl (C=O) groups excluding carboxylic acids is 1. The topological polar surface area (TPSA) is 57.6 Å². The first-order valence-corrected chi connectivity index (χ1v) is 5.85. The van der Waals surface area contributed by atoms with Gasteiger partial charge in [0.2, 0.25) is 5.91 Å². The van der Waals surface area contributed by atoms with Gasteiger partial charge in [-0.25, -0.2) is 4.79 Å². The third-order valence-electron chi connectivity index (χ3n) is 3.34. The molecule has 1 N–H and O–H groups in total. The van der Waals surface area contributed by atoms with Crippen LogP contribution >= 0.6 is 12.6 Å². The largest absolute Gasteiger partial charge is 0.480 e. The number of fused-ring (bicyclic) bond motifs is 1. The summed E-state index contributed by atoms with van der Waals surface area (Å²) in [5.74, 6) is -0.208. The lowest BCUT2D eigenvalue weighted by Gasteiger charge is -2.26. The maximum atomic E-state index is 11.9. The van der Waals surface area contributed by atoms with Gasteiger partial charge in [0.15, 0.2) is 0 Å². The number of hydrogen-bond acceptors (Lipinski definition) is 3. The van der Waals surface area contributed by atoms with Crippen LogP contribution in [-0.4, -0.2) is 39.7 Å². The fraction of sp³-hybridized carbons (Fsp3) is 0.800. The number of thiol groups is 1. The van der Waals surface area contributed by atoms with Crippen LogP contribution in [0.4, 0.5) is 0 Å². The molecule has 5 heteroatoms. The molecular formula is C10H15NO3S. The molecule has 0 radical (unpaired) electrons. The van der Waals surface area contributed by atoms with Crippen molar-refractivity contribution in [1.29, 1.82) is 0 Å². The summed E-state index contributed by atoms with van der Waals surface area (Å²) in [4.78, 5) is 24.5. The molecule has 2 rings (SSSR count). The summed E-state index contributed by atoms with van der Waals surface area (Å²) in [6.45, 7) is 1.80. The molecule has 0 aromatic heterocycles. The molecule has 1 aliphatic carbocycles. The number of aliphatic carboxylic acids is 1. The molecule has 1 amide bonds. The van der Waals surface area contributed by atoms with E-state index >= 15 is 0 Å². The number of nitrogens with zero attached hydrogens (tertiary/aromatic N) is 1. The van der Waals surface area contributed by atoms with Gasteiger partial charge in [0, 0.05) is 17.7 Å². The third-order valence-corrected chi connectivity index (χ3v) is 3.89. The lowest BCUT2D eigenvalue weighted by molar-refractivity contribution is -0.150. The summed E-state index contributed by atoms with van der Waals surface area (Å²) >= 11 is 4.08. The summed E-state index contributed by atoms with van der Waals surface area (Å²) in [5, 5.41) is 9.01. The Hall–Kier alpha value is -0.710. The van der Waals surface area contributed by atoms with Crippen LogP contribution in [0.15, 0.2) is 0 Å². The Balaban J connectivity index is 2.11. The summed E-state index contributed by atoms with van der Waals surface area (Å²) in [6.07, 6.45) is 1.61. The number of carboxylic acids is 1. The van der Waals surface area contributed by atoms with Crippen molar-refractivity contribution >= 4 is 24.5 Å². The highest BCUT2D eigenvalue weighted by Gasteiger charge is 2.56. The van der Waals surface area contributed by atoms with E-state index in [1.54, 1.807) is 11.8 Å². The molecule has 4 nitrogen and oxygen atoms in total. The highest BCUT2D eigenvalue weighted by atomic mass is 32.1. The number of rotatable bonds is 3. The van der Waals surface area contributed by atoms with Crippen LogP contribution in [0.1, 0.15) is 19.8 Å². The fourth-order valence-electron chi connectivity index (χ4n) is 2.33. The van der Waals surface area contributed by atoms with Gasteiger partial charge in [-0.2, -0.15) is 12.6 Å². The van der Waals surface area contributed by atoms with Crippen LogP contribution in [0.25, 0.3) is 0 Å². The number of amides is 1. The highest BCUT2D eigenvalue weighted by molar-refractivity contribution is 7.80. The standard InChI is InChI=1S/C10H15NO3S/c1-5(4-15)9(12)11-7-2-6(7)3-8(11)10(13)14/h5-8,15H,2-4H2,1H3,(H,13,14)/t5-,6+,7+,8+/m1/s1. The van der Waals surface area contributed by atoms with Crippen molar-refractivity contribution in [2.45, 2.75) is 31.8 Å². The van der Waals surface area contributed by atoms with E-state index in [-0.39, 0.29) is 17.9 Å². The minimum absolute atomic E-state index is 0.0533. The molecule has 0 aromatic carbocycles. The van der Waals surface area contributed by atoms with E-state index in [1.165, 1.54) is 0 Å². The fourth-order valence-corrected chi connectivity index (χ4v) is 2.48. The zero-order valence-corrected chi connectivity index (χ0v) is 9.48. The Morgan fingerprint density at radius 1 is 1.53 bits per heavy atom. The zero-order chi connectivity index (χ0) is 11.2. The van der Waals surface area contributed by atoms with Gasteiger partial charge in [-0.1, -0.05) is 6.92 Å². The zero-order valence-electron chi connectivity index (χ0n) is 8.59. The molecule has 1 aliphatic heterocycles. The van der Waals surface area contributed by atoms with Gasteiger partial charge in [-0.3, -0.25) is 4.79 Å². The van der Waals surface area contributed by atoms with E-state index in [1.807, 2.05) is 0 Å². The van der Waals surface area contributed by atoms with Gasteiger partial charge in [-0.05, 0) is 18.8 Å². The van der Waals surface area contributed by atoms with E-state index in [4.69, 9.17) is 5.11 Å². The normalized spacial score (nSPS) is 34.8. The van der Waals surface area contributed by atoms with Gasteiger partial charge >= 0.3 is 5.97 Å². The monoisotopic (exact) mass is 229 g/mol. The van der Waals surface area contributed by atoms with E-state index in [0.29, 0.717) is 18.1 Å². The van der Waals surface area contributed by atoms with E-state index < -0.39 is 12.0 Å². The van der Waals surface area contributed by atoms with Gasteiger partial charge in [0.1, 0.15) is 6.04 Å². The van der Waals surface area contributed by atoms with E-state index in [9.17, 15) is 9.59 Å². The van der Waals surface area contributed by atoms with Crippen molar-refractivity contribution in [2.75, 3.05) is 5.75 Å². The molecule has 2 aliphatic rings. The number of carboxylic acid groups (broad SMARTS) is 1. The second kappa shape index (κ2) is 3.70. The van der Waals surface area contributed by atoms with Crippen molar-refractivity contribution < 1.29 is 14.7 Å². The molecule has 4 atom stereocenters. The van der Waals surface area contributed by atoms with Crippen molar-refractivity contribution in [1.82, 2.24) is 4.90 Å². The molecule has 0 bridgehead atoms. The highest BCUT2D eigenvalue weighted by Crippen LogP contribution is 2.48. The smallest absolute Gasteiger partial charge is 0.326 e. The van der Waals surface area contributed by atoms with Gasteiger partial charge in [0.25, 0.3) is 0 Å². The van der Waals surface area contributed by atoms with Crippen LogP contribution in [-0.2, 0) is 9.59 Å². The van der Waals surface area contributed by atoms with E-state index in [0.717, 1.165) is 6.42 Å². The van der Waals surface area contributed by atoms with Crippen LogP contribution < -0.4 is 0 Å². The van der Waals surface area contributed by atoms with Gasteiger partial charge < -0.3 is 10.0 Å².